The fraction of sp³-hybridized carbons (Fsp3) is 0.717. The van der Waals surface area contributed by atoms with Crippen LogP contribution in [0.1, 0.15) is 155 Å². The van der Waals surface area contributed by atoms with E-state index in [2.05, 4.69) is 49.5 Å². The Kier molecular flexibility index (Phi) is 35.8. The SMILES string of the molecule is CC/C=C\C/C=C\CC(O)/C=C/C=C\C/C=C\C/C=C\CCC(=O)N[C@@H](COP(=O)([O-])OCC[N+](C)(C)C)[C@H](O)CCCCCCCCCCCCCCCC. The van der Waals surface area contributed by atoms with E-state index >= 15 is 0 Å². The molecular weight excluding hydrogens is 723 g/mol. The monoisotopic (exact) mass is 807 g/mol. The van der Waals surface area contributed by atoms with E-state index < -0.39 is 26.1 Å². The van der Waals surface area contributed by atoms with Gasteiger partial charge in [0, 0.05) is 6.42 Å². The van der Waals surface area contributed by atoms with Gasteiger partial charge in [-0.1, -0.05) is 177 Å². The van der Waals surface area contributed by atoms with Gasteiger partial charge >= 0.3 is 0 Å². The highest BCUT2D eigenvalue weighted by molar-refractivity contribution is 7.45. The van der Waals surface area contributed by atoms with E-state index in [9.17, 15) is 24.5 Å². The molecule has 0 saturated heterocycles. The van der Waals surface area contributed by atoms with Gasteiger partial charge in [0.15, 0.2) is 0 Å². The largest absolute Gasteiger partial charge is 0.756 e. The van der Waals surface area contributed by atoms with Crippen molar-refractivity contribution in [2.24, 2.45) is 0 Å². The Labute approximate surface area is 343 Å². The summed E-state index contributed by atoms with van der Waals surface area (Å²) in [4.78, 5) is 25.3. The second-order valence-corrected chi connectivity index (χ2v) is 17.3. The van der Waals surface area contributed by atoms with E-state index in [0.29, 0.717) is 30.3 Å². The van der Waals surface area contributed by atoms with Gasteiger partial charge in [-0.15, -0.1) is 0 Å². The first-order valence-corrected chi connectivity index (χ1v) is 23.4. The van der Waals surface area contributed by atoms with Gasteiger partial charge in [0.05, 0.1) is 46.0 Å². The Hall–Kier alpha value is -2.10. The molecule has 4 atom stereocenters. The molecule has 9 nitrogen and oxygen atoms in total. The van der Waals surface area contributed by atoms with Gasteiger partial charge in [-0.3, -0.25) is 9.36 Å². The lowest BCUT2D eigenvalue weighted by atomic mass is 10.0. The third kappa shape index (κ3) is 38.8. The summed E-state index contributed by atoms with van der Waals surface area (Å²) in [5.74, 6) is -0.269. The third-order valence-corrected chi connectivity index (χ3v) is 10.3. The van der Waals surface area contributed by atoms with Crippen LogP contribution in [0.5, 0.6) is 0 Å². The molecule has 0 radical (unpaired) electrons. The first kappa shape index (κ1) is 53.9. The second kappa shape index (κ2) is 37.2. The predicted molar refractivity (Wildman–Crippen MR) is 234 cm³/mol. The van der Waals surface area contributed by atoms with Crippen molar-refractivity contribution in [1.29, 1.82) is 0 Å². The molecule has 0 spiro atoms. The number of aliphatic hydroxyl groups is 2. The Morgan fingerprint density at radius 2 is 1.25 bits per heavy atom. The lowest BCUT2D eigenvalue weighted by Crippen LogP contribution is -2.46. The van der Waals surface area contributed by atoms with Crippen molar-refractivity contribution in [1.82, 2.24) is 5.32 Å². The highest BCUT2D eigenvalue weighted by Crippen LogP contribution is 2.38. The molecule has 0 aromatic carbocycles. The summed E-state index contributed by atoms with van der Waals surface area (Å²) in [6, 6.07) is -0.860. The summed E-state index contributed by atoms with van der Waals surface area (Å²) >= 11 is 0. The number of likely N-dealkylation sites (N-methyl/N-ethyl adjacent to an activating group) is 1. The van der Waals surface area contributed by atoms with Crippen molar-refractivity contribution in [2.75, 3.05) is 40.9 Å². The van der Waals surface area contributed by atoms with Crippen molar-refractivity contribution >= 4 is 13.7 Å². The molecular formula is C46H83N2O7P. The van der Waals surface area contributed by atoms with E-state index in [0.717, 1.165) is 44.9 Å². The number of allylic oxidation sites excluding steroid dienone is 10. The van der Waals surface area contributed by atoms with Crippen LogP contribution in [0, 0.1) is 0 Å². The maximum Gasteiger partial charge on any atom is 0.268 e. The Morgan fingerprint density at radius 3 is 1.84 bits per heavy atom. The number of hydrogen-bond donors (Lipinski definition) is 3. The topological polar surface area (TPSA) is 128 Å². The Bertz CT molecular complexity index is 1160. The Balaban J connectivity index is 4.60. The minimum absolute atomic E-state index is 0.0143. The summed E-state index contributed by atoms with van der Waals surface area (Å²) in [7, 11) is 1.21. The molecule has 324 valence electrons. The molecule has 0 bridgehead atoms. The number of unbranched alkanes of at least 4 members (excludes halogenated alkanes) is 13. The highest BCUT2D eigenvalue weighted by Gasteiger charge is 2.24. The second-order valence-electron chi connectivity index (χ2n) is 15.9. The smallest absolute Gasteiger partial charge is 0.268 e. The highest BCUT2D eigenvalue weighted by atomic mass is 31.2. The normalized spacial score (nSPS) is 15.6. The number of nitrogens with one attached hydrogen (secondary N) is 1. The average molecular weight is 807 g/mol. The van der Waals surface area contributed by atoms with Gasteiger partial charge in [0.2, 0.25) is 5.91 Å². The summed E-state index contributed by atoms with van der Waals surface area (Å²) < 4.78 is 23.2. The van der Waals surface area contributed by atoms with Crippen molar-refractivity contribution in [2.45, 2.75) is 173 Å². The van der Waals surface area contributed by atoms with Crippen LogP contribution >= 0.6 is 7.82 Å². The number of quaternary nitrogens is 1. The average Bonchev–Trinajstić information content (AvgIpc) is 3.14. The van der Waals surface area contributed by atoms with Gasteiger partial charge in [0.25, 0.3) is 7.82 Å². The van der Waals surface area contributed by atoms with Crippen LogP contribution in [0.2, 0.25) is 0 Å². The maximum absolute atomic E-state index is 12.8. The zero-order chi connectivity index (χ0) is 41.6. The first-order valence-electron chi connectivity index (χ1n) is 21.9. The lowest BCUT2D eigenvalue weighted by molar-refractivity contribution is -0.870. The minimum atomic E-state index is -4.60. The third-order valence-electron chi connectivity index (χ3n) is 9.30. The molecule has 0 aromatic heterocycles. The number of hydrogen-bond acceptors (Lipinski definition) is 7. The van der Waals surface area contributed by atoms with Gasteiger partial charge in [0.1, 0.15) is 13.2 Å². The number of carbonyl (C=O) groups is 1. The van der Waals surface area contributed by atoms with E-state index in [-0.39, 0.29) is 25.5 Å². The molecule has 0 saturated carbocycles. The summed E-state index contributed by atoms with van der Waals surface area (Å²) in [5, 5.41) is 23.8. The zero-order valence-corrected chi connectivity index (χ0v) is 37.1. The molecule has 3 N–H and O–H groups in total. The predicted octanol–water partition coefficient (Wildman–Crippen LogP) is 10.4. The fourth-order valence-corrected chi connectivity index (χ4v) is 6.51. The fourth-order valence-electron chi connectivity index (χ4n) is 5.79. The van der Waals surface area contributed by atoms with E-state index in [1.165, 1.54) is 70.6 Å². The summed E-state index contributed by atoms with van der Waals surface area (Å²) in [6.07, 6.45) is 45.1. The number of amides is 1. The zero-order valence-electron chi connectivity index (χ0n) is 36.2. The molecule has 1 amide bonds. The molecule has 0 rings (SSSR count). The molecule has 0 aromatic rings. The van der Waals surface area contributed by atoms with Crippen molar-refractivity contribution in [3.63, 3.8) is 0 Å². The van der Waals surface area contributed by atoms with Crippen LogP contribution in [-0.2, 0) is 18.4 Å². The van der Waals surface area contributed by atoms with Crippen LogP contribution in [-0.4, -0.2) is 79.8 Å². The molecule has 0 aliphatic carbocycles. The van der Waals surface area contributed by atoms with Crippen molar-refractivity contribution in [3.05, 3.63) is 72.9 Å². The molecule has 2 unspecified atom stereocenters. The number of rotatable bonds is 38. The van der Waals surface area contributed by atoms with Crippen molar-refractivity contribution < 1.29 is 38.0 Å². The van der Waals surface area contributed by atoms with Gasteiger partial charge in [-0.25, -0.2) is 0 Å². The Morgan fingerprint density at radius 1 is 0.714 bits per heavy atom. The number of phosphoric acid groups is 1. The standard InChI is InChI=1S/C46H83N2O7P/c1-6-8-10-12-14-15-16-17-18-19-23-26-30-34-38-45(50)44(42-55-56(52,53)54-41-40-48(3,4)5)47-46(51)39-35-31-27-24-21-20-22-25-29-33-37-43(49)36-32-28-13-11-9-7-2/h9,11,20-21,25,27-29,31-33,37,43-45,49-50H,6-8,10,12-19,22-24,26,30,34-36,38-42H2,1-5H3,(H-,47,51,52,53)/b11-9-,21-20-,29-25-,31-27-,32-28-,37-33+/t43?,44-,45+/m0/s1. The van der Waals surface area contributed by atoms with E-state index in [4.69, 9.17) is 9.05 Å². The number of carbonyl (C=O) groups excluding carboxylic acids is 1. The van der Waals surface area contributed by atoms with Crippen LogP contribution in [0.4, 0.5) is 0 Å². The summed E-state index contributed by atoms with van der Waals surface area (Å²) in [5.41, 5.74) is 0. The van der Waals surface area contributed by atoms with E-state index in [1.54, 1.807) is 6.08 Å². The maximum atomic E-state index is 12.8. The van der Waals surface area contributed by atoms with Crippen LogP contribution in [0.15, 0.2) is 72.9 Å². The van der Waals surface area contributed by atoms with Crippen LogP contribution in [0.3, 0.4) is 0 Å². The lowest BCUT2D eigenvalue weighted by Gasteiger charge is -2.30. The van der Waals surface area contributed by atoms with E-state index in [1.807, 2.05) is 57.6 Å². The quantitative estimate of drug-likeness (QED) is 0.0186. The van der Waals surface area contributed by atoms with Crippen LogP contribution in [0.25, 0.3) is 0 Å². The number of aliphatic hydroxyl groups excluding tert-OH is 2. The summed E-state index contributed by atoms with van der Waals surface area (Å²) in [6.45, 7) is 4.45. The molecule has 10 heteroatoms. The molecule has 56 heavy (non-hydrogen) atoms. The molecule has 0 fully saturated rings. The van der Waals surface area contributed by atoms with Crippen LogP contribution < -0.4 is 10.2 Å². The number of nitrogens with zero attached hydrogens (tertiary/aromatic N) is 1. The molecule has 0 heterocycles. The van der Waals surface area contributed by atoms with Gasteiger partial charge in [-0.2, -0.15) is 0 Å². The first-order chi connectivity index (χ1) is 26.9. The number of phosphoric ester groups is 1. The minimum Gasteiger partial charge on any atom is -0.756 e. The van der Waals surface area contributed by atoms with Gasteiger partial charge < -0.3 is 34.0 Å². The van der Waals surface area contributed by atoms with Crippen molar-refractivity contribution in [3.8, 4) is 0 Å². The molecule has 0 aliphatic heterocycles. The van der Waals surface area contributed by atoms with Gasteiger partial charge in [-0.05, 0) is 44.9 Å². The molecule has 0 aliphatic rings.